The van der Waals surface area contributed by atoms with Gasteiger partial charge in [0.25, 0.3) is 5.69 Å². The van der Waals surface area contributed by atoms with Crippen molar-refractivity contribution in [2.45, 2.75) is 11.4 Å². The maximum atomic E-state index is 10.8. The first kappa shape index (κ1) is 11.9. The molecule has 2 atom stereocenters. The fourth-order valence-corrected chi connectivity index (χ4v) is 2.81. The van der Waals surface area contributed by atoms with Crippen molar-refractivity contribution in [1.29, 1.82) is 0 Å². The molecule has 90 valence electrons. The molecule has 17 heavy (non-hydrogen) atoms. The van der Waals surface area contributed by atoms with E-state index >= 15 is 0 Å². The number of non-ortho nitro benzene ring substituents is 1. The largest absolute Gasteiger partial charge is 0.480 e. The number of aliphatic carboxylic acids is 1. The third-order valence-corrected chi connectivity index (χ3v) is 3.75. The Labute approximate surface area is 101 Å². The number of thioether (sulfide) groups is 1. The zero-order valence-electron chi connectivity index (χ0n) is 8.70. The second-order valence-corrected chi connectivity index (χ2v) is 4.76. The Bertz CT molecular complexity index is 448. The minimum atomic E-state index is -0.873. The molecule has 0 bridgehead atoms. The predicted molar refractivity (Wildman–Crippen MR) is 62.9 cm³/mol. The Balaban J connectivity index is 2.09. The van der Waals surface area contributed by atoms with Crippen LogP contribution in [0, 0.1) is 10.1 Å². The average molecular weight is 254 g/mol. The minimum absolute atomic E-state index is 0.0338. The standard InChI is InChI=1S/C10H10N2O4S/c13-10(14)8-5-17-9(11-8)6-1-3-7(4-2-6)12(15)16/h1-4,8-9,11H,5H2,(H,13,14)/t8-,9+/m1/s1. The maximum Gasteiger partial charge on any atom is 0.321 e. The Kier molecular flexibility index (Phi) is 3.30. The summed E-state index contributed by atoms with van der Waals surface area (Å²) >= 11 is 1.48. The molecule has 0 aromatic heterocycles. The summed E-state index contributed by atoms with van der Waals surface area (Å²) in [6, 6.07) is 5.58. The molecule has 0 saturated carbocycles. The van der Waals surface area contributed by atoms with E-state index in [-0.39, 0.29) is 11.1 Å². The highest BCUT2D eigenvalue weighted by molar-refractivity contribution is 7.99. The lowest BCUT2D eigenvalue weighted by molar-refractivity contribution is -0.384. The SMILES string of the molecule is O=C(O)[C@H]1CS[C@@H](c2ccc([N+](=O)[O-])cc2)N1. The lowest BCUT2D eigenvalue weighted by Gasteiger charge is -2.10. The van der Waals surface area contributed by atoms with Crippen molar-refractivity contribution in [2.75, 3.05) is 5.75 Å². The Morgan fingerprint density at radius 2 is 2.12 bits per heavy atom. The van der Waals surface area contributed by atoms with E-state index in [9.17, 15) is 14.9 Å². The number of rotatable bonds is 3. The van der Waals surface area contributed by atoms with Crippen LogP contribution in [0.3, 0.4) is 0 Å². The van der Waals surface area contributed by atoms with Gasteiger partial charge in [0.15, 0.2) is 0 Å². The van der Waals surface area contributed by atoms with Crippen LogP contribution in [0.5, 0.6) is 0 Å². The van der Waals surface area contributed by atoms with Gasteiger partial charge in [-0.05, 0) is 17.7 Å². The number of nitrogens with one attached hydrogen (secondary N) is 1. The molecule has 1 aliphatic heterocycles. The third kappa shape index (κ3) is 2.56. The van der Waals surface area contributed by atoms with Gasteiger partial charge in [0.1, 0.15) is 6.04 Å². The van der Waals surface area contributed by atoms with Crippen molar-refractivity contribution in [3.63, 3.8) is 0 Å². The molecule has 1 heterocycles. The molecule has 0 amide bonds. The van der Waals surface area contributed by atoms with Crippen LogP contribution in [0.1, 0.15) is 10.9 Å². The third-order valence-electron chi connectivity index (χ3n) is 2.49. The van der Waals surface area contributed by atoms with Crippen LogP contribution in [-0.2, 0) is 4.79 Å². The highest BCUT2D eigenvalue weighted by atomic mass is 32.2. The van der Waals surface area contributed by atoms with E-state index < -0.39 is 16.9 Å². The number of hydrogen-bond acceptors (Lipinski definition) is 5. The quantitative estimate of drug-likeness (QED) is 0.625. The highest BCUT2D eigenvalue weighted by Crippen LogP contribution is 2.33. The molecule has 2 N–H and O–H groups in total. The summed E-state index contributed by atoms with van der Waals surface area (Å²) in [5.41, 5.74) is 0.885. The van der Waals surface area contributed by atoms with Crippen LogP contribution in [0.4, 0.5) is 5.69 Å². The van der Waals surface area contributed by atoms with Crippen LogP contribution in [-0.4, -0.2) is 27.8 Å². The molecule has 1 fully saturated rings. The van der Waals surface area contributed by atoms with E-state index in [1.165, 1.54) is 23.9 Å². The molecule has 6 nitrogen and oxygen atoms in total. The summed E-state index contributed by atoms with van der Waals surface area (Å²) < 4.78 is 0. The molecule has 1 aromatic carbocycles. The van der Waals surface area contributed by atoms with Gasteiger partial charge in [0, 0.05) is 17.9 Å². The van der Waals surface area contributed by atoms with Crippen molar-refractivity contribution in [3.05, 3.63) is 39.9 Å². The summed E-state index contributed by atoms with van der Waals surface area (Å²) in [7, 11) is 0. The van der Waals surface area contributed by atoms with Crippen molar-refractivity contribution in [1.82, 2.24) is 5.32 Å². The van der Waals surface area contributed by atoms with Gasteiger partial charge in [0.05, 0.1) is 10.3 Å². The fraction of sp³-hybridized carbons (Fsp3) is 0.300. The van der Waals surface area contributed by atoms with E-state index in [1.54, 1.807) is 12.1 Å². The predicted octanol–water partition coefficient (Wildman–Crippen LogP) is 1.38. The number of nitrogens with zero attached hydrogens (tertiary/aromatic N) is 1. The molecule has 0 aliphatic carbocycles. The van der Waals surface area contributed by atoms with E-state index in [2.05, 4.69) is 5.32 Å². The van der Waals surface area contributed by atoms with Crippen molar-refractivity contribution >= 4 is 23.4 Å². The first-order valence-corrected chi connectivity index (χ1v) is 5.97. The van der Waals surface area contributed by atoms with Crippen molar-refractivity contribution in [2.24, 2.45) is 0 Å². The molecular weight excluding hydrogens is 244 g/mol. The smallest absolute Gasteiger partial charge is 0.321 e. The Morgan fingerprint density at radius 1 is 1.47 bits per heavy atom. The van der Waals surface area contributed by atoms with Crippen LogP contribution < -0.4 is 5.32 Å². The number of carboxylic acids is 1. The topological polar surface area (TPSA) is 92.5 Å². The maximum absolute atomic E-state index is 10.8. The van der Waals surface area contributed by atoms with Crippen LogP contribution in [0.25, 0.3) is 0 Å². The van der Waals surface area contributed by atoms with Gasteiger partial charge in [-0.15, -0.1) is 11.8 Å². The van der Waals surface area contributed by atoms with Gasteiger partial charge >= 0.3 is 5.97 Å². The van der Waals surface area contributed by atoms with Crippen LogP contribution in [0.15, 0.2) is 24.3 Å². The molecule has 1 saturated heterocycles. The van der Waals surface area contributed by atoms with Gasteiger partial charge in [-0.25, -0.2) is 0 Å². The number of benzene rings is 1. The molecule has 1 aliphatic rings. The number of carbonyl (C=O) groups is 1. The van der Waals surface area contributed by atoms with Crippen LogP contribution in [0.2, 0.25) is 0 Å². The zero-order valence-corrected chi connectivity index (χ0v) is 9.52. The van der Waals surface area contributed by atoms with E-state index in [0.717, 1.165) is 5.56 Å². The zero-order chi connectivity index (χ0) is 12.4. The van der Waals surface area contributed by atoms with E-state index in [0.29, 0.717) is 5.75 Å². The number of nitro benzene ring substituents is 1. The minimum Gasteiger partial charge on any atom is -0.480 e. The highest BCUT2D eigenvalue weighted by Gasteiger charge is 2.30. The summed E-state index contributed by atoms with van der Waals surface area (Å²) in [4.78, 5) is 20.8. The van der Waals surface area contributed by atoms with E-state index in [4.69, 9.17) is 5.11 Å². The summed E-state index contributed by atoms with van der Waals surface area (Å²) in [5, 5.41) is 22.1. The lowest BCUT2D eigenvalue weighted by Crippen LogP contribution is -2.33. The first-order chi connectivity index (χ1) is 8.08. The normalized spacial score (nSPS) is 23.5. The molecule has 1 aromatic rings. The summed E-state index contributed by atoms with van der Waals surface area (Å²) in [5.74, 6) is -0.376. The van der Waals surface area contributed by atoms with Gasteiger partial charge in [-0.2, -0.15) is 0 Å². The van der Waals surface area contributed by atoms with Gasteiger partial charge < -0.3 is 5.11 Å². The Morgan fingerprint density at radius 3 is 2.59 bits per heavy atom. The Hall–Kier alpha value is -1.60. The first-order valence-electron chi connectivity index (χ1n) is 4.93. The number of carboxylic acid groups (broad SMARTS) is 1. The lowest BCUT2D eigenvalue weighted by atomic mass is 10.2. The average Bonchev–Trinajstić information content (AvgIpc) is 2.78. The second kappa shape index (κ2) is 4.72. The molecule has 7 heteroatoms. The molecule has 0 spiro atoms. The van der Waals surface area contributed by atoms with Crippen molar-refractivity contribution in [3.8, 4) is 0 Å². The molecular formula is C10H10N2O4S. The molecule has 2 rings (SSSR count). The van der Waals surface area contributed by atoms with Crippen LogP contribution >= 0.6 is 11.8 Å². The number of hydrogen-bond donors (Lipinski definition) is 2. The van der Waals surface area contributed by atoms with Gasteiger partial charge in [-0.3, -0.25) is 20.2 Å². The summed E-state index contributed by atoms with van der Waals surface area (Å²) in [6.07, 6.45) is 0. The fourth-order valence-electron chi connectivity index (χ4n) is 1.58. The van der Waals surface area contributed by atoms with Crippen molar-refractivity contribution < 1.29 is 14.8 Å². The second-order valence-electron chi connectivity index (χ2n) is 3.62. The van der Waals surface area contributed by atoms with E-state index in [1.807, 2.05) is 0 Å². The van der Waals surface area contributed by atoms with Gasteiger partial charge in [-0.1, -0.05) is 0 Å². The monoisotopic (exact) mass is 254 g/mol. The summed E-state index contributed by atoms with van der Waals surface area (Å²) in [6.45, 7) is 0. The molecule has 0 unspecified atom stereocenters. The van der Waals surface area contributed by atoms with Gasteiger partial charge in [0.2, 0.25) is 0 Å². The number of nitro groups is 1. The molecule has 0 radical (unpaired) electrons.